The number of carbonyl (C=O) groups is 1. The Hall–Kier alpha value is -3.67. The number of carbonyl (C=O) groups excluding carboxylic acids is 1. The van der Waals surface area contributed by atoms with Gasteiger partial charge in [-0.2, -0.15) is 13.2 Å². The summed E-state index contributed by atoms with van der Waals surface area (Å²) in [5, 5.41) is 0. The van der Waals surface area contributed by atoms with Crippen LogP contribution in [0, 0.1) is 5.82 Å². The van der Waals surface area contributed by atoms with E-state index < -0.39 is 40.4 Å². The molecule has 1 aromatic heterocycles. The Bertz CT molecular complexity index is 1350. The van der Waals surface area contributed by atoms with E-state index in [4.69, 9.17) is 5.73 Å². The van der Waals surface area contributed by atoms with Crippen LogP contribution >= 0.6 is 0 Å². The van der Waals surface area contributed by atoms with Crippen LogP contribution in [-0.4, -0.2) is 40.5 Å². The highest BCUT2D eigenvalue weighted by Gasteiger charge is 2.33. The van der Waals surface area contributed by atoms with E-state index >= 15 is 0 Å². The summed E-state index contributed by atoms with van der Waals surface area (Å²) in [5.41, 5.74) is 6.43. The zero-order chi connectivity index (χ0) is 27.5. The van der Waals surface area contributed by atoms with E-state index in [9.17, 15) is 30.8 Å². The molecule has 0 saturated carbocycles. The van der Waals surface area contributed by atoms with Crippen LogP contribution < -0.4 is 14.9 Å². The molecule has 1 heterocycles. The zero-order valence-electron chi connectivity index (χ0n) is 20.3. The third kappa shape index (κ3) is 6.56. The van der Waals surface area contributed by atoms with E-state index in [1.165, 1.54) is 25.2 Å². The highest BCUT2D eigenvalue weighted by molar-refractivity contribution is 7.74. The number of primary amides is 1. The van der Waals surface area contributed by atoms with Gasteiger partial charge in [0, 0.05) is 32.4 Å². The first kappa shape index (κ1) is 27.9. The standard InChI is InChI=1S/C25H26F4N4O3S/c1-32(2)18-9-4-15(5-10-18)23-16(8-13-22(31-23)25(27,28)29)6-11-19(24(30)34)17-7-12-21(20(26)14-17)33(3)37(35)36/h4-5,7-10,12-14,19,37H,6,11H2,1-3H3,(H2,30,34). The van der Waals surface area contributed by atoms with E-state index in [0.717, 1.165) is 22.1 Å². The fourth-order valence-electron chi connectivity index (χ4n) is 3.88. The van der Waals surface area contributed by atoms with Gasteiger partial charge in [0.15, 0.2) is 0 Å². The molecule has 7 nitrogen and oxygen atoms in total. The van der Waals surface area contributed by atoms with Gasteiger partial charge in [0.25, 0.3) is 0 Å². The molecule has 0 radical (unpaired) electrons. The molecule has 0 fully saturated rings. The molecule has 2 aromatic carbocycles. The summed E-state index contributed by atoms with van der Waals surface area (Å²) >= 11 is 0. The smallest absolute Gasteiger partial charge is 0.378 e. The van der Waals surface area contributed by atoms with E-state index in [1.807, 2.05) is 19.0 Å². The number of benzene rings is 2. The van der Waals surface area contributed by atoms with Crippen molar-refractivity contribution in [1.82, 2.24) is 4.98 Å². The predicted octanol–water partition coefficient (Wildman–Crippen LogP) is 4.14. The number of hydrogen-bond donors (Lipinski definition) is 2. The van der Waals surface area contributed by atoms with Crippen molar-refractivity contribution in [1.29, 1.82) is 0 Å². The SMILES string of the molecule is CN(C)c1ccc(-c2nc(C(F)(F)F)ccc2CCC(C(N)=O)c2ccc(N(C)[SH](=O)=O)c(F)c2)cc1. The summed E-state index contributed by atoms with van der Waals surface area (Å²) in [6.45, 7) is 0. The van der Waals surface area contributed by atoms with Crippen molar-refractivity contribution in [2.75, 3.05) is 30.3 Å². The lowest BCUT2D eigenvalue weighted by atomic mass is 9.90. The van der Waals surface area contributed by atoms with Crippen molar-refractivity contribution >= 4 is 28.2 Å². The molecule has 3 rings (SSSR count). The summed E-state index contributed by atoms with van der Waals surface area (Å²) in [7, 11) is 1.79. The van der Waals surface area contributed by atoms with Crippen LogP contribution in [0.1, 0.15) is 29.2 Å². The molecule has 0 aliphatic heterocycles. The lowest BCUT2D eigenvalue weighted by Gasteiger charge is -2.19. The molecule has 3 aromatic rings. The zero-order valence-corrected chi connectivity index (χ0v) is 21.2. The van der Waals surface area contributed by atoms with E-state index in [1.54, 1.807) is 24.3 Å². The maximum atomic E-state index is 14.6. The number of aryl methyl sites for hydroxylation is 1. The molecule has 0 spiro atoms. The average Bonchev–Trinajstić information content (AvgIpc) is 2.83. The number of anilines is 2. The van der Waals surface area contributed by atoms with Gasteiger partial charge in [-0.3, -0.25) is 9.10 Å². The number of pyridine rings is 1. The van der Waals surface area contributed by atoms with Crippen LogP contribution in [-0.2, 0) is 28.3 Å². The van der Waals surface area contributed by atoms with Crippen molar-refractivity contribution < 1.29 is 30.8 Å². The monoisotopic (exact) mass is 538 g/mol. The van der Waals surface area contributed by atoms with Gasteiger partial charge >= 0.3 is 6.18 Å². The maximum Gasteiger partial charge on any atom is 0.433 e. The molecule has 0 bridgehead atoms. The Kier molecular flexibility index (Phi) is 8.42. The number of aromatic nitrogens is 1. The Labute approximate surface area is 213 Å². The van der Waals surface area contributed by atoms with Crippen LogP contribution in [0.5, 0.6) is 0 Å². The van der Waals surface area contributed by atoms with Gasteiger partial charge in [-0.05, 0) is 54.3 Å². The summed E-state index contributed by atoms with van der Waals surface area (Å²) in [6, 6.07) is 12.7. The summed E-state index contributed by atoms with van der Waals surface area (Å²) in [6.07, 6.45) is -4.46. The fraction of sp³-hybridized carbons (Fsp3) is 0.280. The van der Waals surface area contributed by atoms with Gasteiger partial charge in [-0.25, -0.2) is 17.8 Å². The summed E-state index contributed by atoms with van der Waals surface area (Å²) < 4.78 is 77.9. The Morgan fingerprint density at radius 2 is 1.68 bits per heavy atom. The second kappa shape index (κ2) is 11.2. The predicted molar refractivity (Wildman–Crippen MR) is 134 cm³/mol. The maximum absolute atomic E-state index is 14.6. The van der Waals surface area contributed by atoms with Gasteiger partial charge < -0.3 is 10.6 Å². The largest absolute Gasteiger partial charge is 0.433 e. The second-order valence-corrected chi connectivity index (χ2v) is 9.68. The minimum Gasteiger partial charge on any atom is -0.378 e. The van der Waals surface area contributed by atoms with Crippen molar-refractivity contribution in [3.05, 3.63) is 77.2 Å². The number of amides is 1. The molecular formula is C25H26F4N4O3S. The Morgan fingerprint density at radius 1 is 1.03 bits per heavy atom. The van der Waals surface area contributed by atoms with Gasteiger partial charge in [0.05, 0.1) is 17.3 Å². The normalized spacial score (nSPS) is 12.4. The Morgan fingerprint density at radius 3 is 2.19 bits per heavy atom. The van der Waals surface area contributed by atoms with Gasteiger partial charge in [-0.1, -0.05) is 24.3 Å². The second-order valence-electron chi connectivity index (χ2n) is 8.61. The molecule has 0 aliphatic rings. The molecular weight excluding hydrogens is 512 g/mol. The Balaban J connectivity index is 1.96. The first-order chi connectivity index (χ1) is 17.3. The molecule has 0 aliphatic carbocycles. The van der Waals surface area contributed by atoms with E-state index in [0.29, 0.717) is 11.1 Å². The van der Waals surface area contributed by atoms with Crippen LogP contribution in [0.3, 0.4) is 0 Å². The minimum atomic E-state index is -4.65. The van der Waals surface area contributed by atoms with Gasteiger partial charge in [-0.15, -0.1) is 0 Å². The first-order valence-electron chi connectivity index (χ1n) is 11.1. The number of nitrogens with two attached hydrogens (primary N) is 1. The fourth-order valence-corrected chi connectivity index (χ4v) is 4.22. The lowest BCUT2D eigenvalue weighted by molar-refractivity contribution is -0.141. The van der Waals surface area contributed by atoms with Crippen LogP contribution in [0.15, 0.2) is 54.6 Å². The summed E-state index contributed by atoms with van der Waals surface area (Å²) in [4.78, 5) is 17.9. The molecule has 1 atom stereocenters. The summed E-state index contributed by atoms with van der Waals surface area (Å²) in [5.74, 6) is -2.59. The van der Waals surface area contributed by atoms with Crippen molar-refractivity contribution in [2.24, 2.45) is 5.73 Å². The topological polar surface area (TPSA) is 96.6 Å². The van der Waals surface area contributed by atoms with Crippen molar-refractivity contribution in [2.45, 2.75) is 24.9 Å². The molecule has 1 amide bonds. The highest BCUT2D eigenvalue weighted by atomic mass is 32.2. The van der Waals surface area contributed by atoms with Crippen molar-refractivity contribution in [3.63, 3.8) is 0 Å². The van der Waals surface area contributed by atoms with Crippen molar-refractivity contribution in [3.8, 4) is 11.3 Å². The van der Waals surface area contributed by atoms with Crippen LogP contribution in [0.2, 0.25) is 0 Å². The lowest BCUT2D eigenvalue weighted by Crippen LogP contribution is -2.23. The number of alkyl halides is 3. The number of hydrogen-bond acceptors (Lipinski definition) is 5. The quantitative estimate of drug-likeness (QED) is 0.316. The molecule has 2 N–H and O–H groups in total. The third-order valence-corrected chi connectivity index (χ3v) is 6.65. The molecule has 198 valence electrons. The molecule has 1 unspecified atom stereocenters. The van der Waals surface area contributed by atoms with Gasteiger partial charge in [0.1, 0.15) is 11.5 Å². The van der Waals surface area contributed by atoms with Crippen LogP contribution in [0.4, 0.5) is 28.9 Å². The van der Waals surface area contributed by atoms with Crippen LogP contribution in [0.25, 0.3) is 11.3 Å². The molecule has 37 heavy (non-hydrogen) atoms. The van der Waals surface area contributed by atoms with E-state index in [-0.39, 0.29) is 29.8 Å². The number of nitrogens with zero attached hydrogens (tertiary/aromatic N) is 3. The average molecular weight is 539 g/mol. The number of thiol groups is 1. The first-order valence-corrected chi connectivity index (χ1v) is 12.2. The number of halogens is 4. The molecule has 12 heteroatoms. The highest BCUT2D eigenvalue weighted by Crippen LogP contribution is 2.34. The third-order valence-electron chi connectivity index (χ3n) is 5.94. The van der Waals surface area contributed by atoms with E-state index in [2.05, 4.69) is 4.98 Å². The number of rotatable bonds is 9. The van der Waals surface area contributed by atoms with Gasteiger partial charge in [0.2, 0.25) is 16.8 Å². The molecule has 0 saturated heterocycles. The minimum absolute atomic E-state index is 0.0651.